The van der Waals surface area contributed by atoms with E-state index in [2.05, 4.69) is 27.4 Å². The Bertz CT molecular complexity index is 531. The zero-order chi connectivity index (χ0) is 21.7. The second kappa shape index (κ2) is 13.4. The predicted octanol–water partition coefficient (Wildman–Crippen LogP) is 4.75. The van der Waals surface area contributed by atoms with E-state index in [0.717, 1.165) is 38.2 Å². The molecule has 0 aromatic heterocycles. The molecule has 1 rings (SSSR count). The van der Waals surface area contributed by atoms with Gasteiger partial charge in [0.2, 0.25) is 5.60 Å². The second-order valence-electron chi connectivity index (χ2n) is 8.29. The highest BCUT2D eigenvalue weighted by molar-refractivity contribution is 5.88. The molecule has 6 heteroatoms. The van der Waals surface area contributed by atoms with Crippen LogP contribution in [-0.4, -0.2) is 36.7 Å². The number of hydrogen-bond donors (Lipinski definition) is 0. The first kappa shape index (κ1) is 25.2. The van der Waals surface area contributed by atoms with Gasteiger partial charge in [0.15, 0.2) is 0 Å². The van der Waals surface area contributed by atoms with Gasteiger partial charge in [0, 0.05) is 6.08 Å². The van der Waals surface area contributed by atoms with Crippen LogP contribution in [0.5, 0.6) is 0 Å². The normalized spacial score (nSPS) is 21.4. The first-order valence-electron chi connectivity index (χ1n) is 11.0. The third-order valence-corrected chi connectivity index (χ3v) is 5.38. The maximum absolute atomic E-state index is 12.7. The van der Waals surface area contributed by atoms with E-state index in [-0.39, 0.29) is 24.7 Å². The Labute approximate surface area is 175 Å². The highest BCUT2D eigenvalue weighted by Crippen LogP contribution is 2.37. The molecular weight excluding hydrogens is 372 g/mol. The Morgan fingerprint density at radius 3 is 2.28 bits per heavy atom. The Kier molecular flexibility index (Phi) is 11.6. The van der Waals surface area contributed by atoms with Crippen molar-refractivity contribution in [2.45, 2.75) is 90.6 Å². The molecule has 0 radical (unpaired) electrons. The fraction of sp³-hybridized carbons (Fsp3) is 0.783. The molecule has 0 heterocycles. The average molecular weight is 411 g/mol. The summed E-state index contributed by atoms with van der Waals surface area (Å²) in [5.41, 5.74) is -1.33. The first-order valence-corrected chi connectivity index (χ1v) is 11.0. The van der Waals surface area contributed by atoms with Crippen LogP contribution in [0.4, 0.5) is 0 Å². The molecule has 1 aliphatic carbocycles. The van der Waals surface area contributed by atoms with Gasteiger partial charge in [-0.05, 0) is 44.4 Å². The van der Waals surface area contributed by atoms with E-state index >= 15 is 0 Å². The van der Waals surface area contributed by atoms with Crippen molar-refractivity contribution in [3.63, 3.8) is 0 Å². The van der Waals surface area contributed by atoms with Crippen molar-refractivity contribution in [3.8, 4) is 0 Å². The second-order valence-corrected chi connectivity index (χ2v) is 8.29. The van der Waals surface area contributed by atoms with E-state index in [0.29, 0.717) is 32.0 Å². The van der Waals surface area contributed by atoms with Crippen LogP contribution in [0.2, 0.25) is 0 Å². The molecule has 0 aromatic carbocycles. The van der Waals surface area contributed by atoms with Crippen molar-refractivity contribution in [1.29, 1.82) is 0 Å². The average Bonchev–Trinajstić information content (AvgIpc) is 2.70. The van der Waals surface area contributed by atoms with Gasteiger partial charge in [-0.25, -0.2) is 9.59 Å². The minimum Gasteiger partial charge on any atom is -0.465 e. The monoisotopic (exact) mass is 410 g/mol. The maximum Gasteiger partial charge on any atom is 0.350 e. The van der Waals surface area contributed by atoms with Gasteiger partial charge in [-0.3, -0.25) is 4.79 Å². The molecule has 166 valence electrons. The minimum absolute atomic E-state index is 0.237. The molecule has 1 fully saturated rings. The highest BCUT2D eigenvalue weighted by Gasteiger charge is 2.48. The molecule has 0 saturated heterocycles. The molecule has 0 bridgehead atoms. The quantitative estimate of drug-likeness (QED) is 0.189. The maximum atomic E-state index is 12.7. The van der Waals surface area contributed by atoms with Gasteiger partial charge in [0.1, 0.15) is 0 Å². The number of rotatable bonds is 13. The standard InChI is InChI=1S/C23H38O6/c1-5-7-8-9-10-16-28-22(26)23(29-20(24)6-2)14-11-19(12-15-23)21(25)27-17-13-18(3)4/h6,18-19H,2,5,7-17H2,1,3-4H3. The number of carbonyl (C=O) groups excluding carboxylic acids is 3. The summed E-state index contributed by atoms with van der Waals surface area (Å²) in [6.45, 7) is 10.4. The molecule has 0 amide bonds. The first-order chi connectivity index (χ1) is 13.8. The van der Waals surface area contributed by atoms with E-state index in [4.69, 9.17) is 14.2 Å². The molecule has 1 saturated carbocycles. The van der Waals surface area contributed by atoms with Crippen LogP contribution in [0.1, 0.15) is 85.0 Å². The number of hydrogen-bond acceptors (Lipinski definition) is 6. The molecule has 0 atom stereocenters. The molecule has 0 unspecified atom stereocenters. The molecule has 0 aliphatic heterocycles. The summed E-state index contributed by atoms with van der Waals surface area (Å²) >= 11 is 0. The van der Waals surface area contributed by atoms with Gasteiger partial charge in [0.05, 0.1) is 19.1 Å². The van der Waals surface area contributed by atoms with Gasteiger partial charge in [0.25, 0.3) is 0 Å². The topological polar surface area (TPSA) is 78.9 Å². The summed E-state index contributed by atoms with van der Waals surface area (Å²) < 4.78 is 16.2. The number of ether oxygens (including phenoxy) is 3. The smallest absolute Gasteiger partial charge is 0.350 e. The summed E-state index contributed by atoms with van der Waals surface area (Å²) in [7, 11) is 0. The molecule has 0 spiro atoms. The minimum atomic E-state index is -1.33. The lowest BCUT2D eigenvalue weighted by Crippen LogP contribution is -2.48. The van der Waals surface area contributed by atoms with E-state index in [9.17, 15) is 14.4 Å². The van der Waals surface area contributed by atoms with Crippen LogP contribution < -0.4 is 0 Å². The van der Waals surface area contributed by atoms with Crippen LogP contribution in [0.25, 0.3) is 0 Å². The van der Waals surface area contributed by atoms with Gasteiger partial charge >= 0.3 is 17.9 Å². The highest BCUT2D eigenvalue weighted by atomic mass is 16.6. The zero-order valence-electron chi connectivity index (χ0n) is 18.4. The van der Waals surface area contributed by atoms with Crippen LogP contribution in [-0.2, 0) is 28.6 Å². The number of unbranched alkanes of at least 4 members (excludes halogenated alkanes) is 4. The lowest BCUT2D eigenvalue weighted by Gasteiger charge is -2.36. The summed E-state index contributed by atoms with van der Waals surface area (Å²) in [6, 6.07) is 0. The van der Waals surface area contributed by atoms with Gasteiger partial charge in [-0.2, -0.15) is 0 Å². The van der Waals surface area contributed by atoms with Crippen LogP contribution in [0.3, 0.4) is 0 Å². The van der Waals surface area contributed by atoms with Crippen molar-refractivity contribution in [2.75, 3.05) is 13.2 Å². The van der Waals surface area contributed by atoms with Crippen molar-refractivity contribution < 1.29 is 28.6 Å². The lowest BCUT2D eigenvalue weighted by molar-refractivity contribution is -0.186. The van der Waals surface area contributed by atoms with Crippen molar-refractivity contribution in [2.24, 2.45) is 11.8 Å². The Balaban J connectivity index is 2.58. The number of carbonyl (C=O) groups is 3. The van der Waals surface area contributed by atoms with Gasteiger partial charge < -0.3 is 14.2 Å². The summed E-state index contributed by atoms with van der Waals surface area (Å²) in [5, 5.41) is 0. The molecule has 29 heavy (non-hydrogen) atoms. The zero-order valence-corrected chi connectivity index (χ0v) is 18.4. The van der Waals surface area contributed by atoms with E-state index in [1.54, 1.807) is 0 Å². The summed E-state index contributed by atoms with van der Waals surface area (Å²) in [5.74, 6) is -1.22. The number of esters is 3. The molecule has 0 aromatic rings. The SMILES string of the molecule is C=CC(=O)OC1(C(=O)OCCCCCCC)CCC(C(=O)OCCC(C)C)CC1. The molecular formula is C23H38O6. The Morgan fingerprint density at radius 2 is 1.69 bits per heavy atom. The van der Waals surface area contributed by atoms with Gasteiger partial charge in [-0.1, -0.05) is 53.0 Å². The van der Waals surface area contributed by atoms with Crippen molar-refractivity contribution in [1.82, 2.24) is 0 Å². The molecule has 0 N–H and O–H groups in total. The van der Waals surface area contributed by atoms with E-state index in [1.165, 1.54) is 6.42 Å². The summed E-state index contributed by atoms with van der Waals surface area (Å²) in [4.78, 5) is 36.8. The van der Waals surface area contributed by atoms with E-state index in [1.807, 2.05) is 0 Å². The third kappa shape index (κ3) is 9.01. The fourth-order valence-corrected chi connectivity index (χ4v) is 3.42. The van der Waals surface area contributed by atoms with Crippen LogP contribution >= 0.6 is 0 Å². The Morgan fingerprint density at radius 1 is 1.03 bits per heavy atom. The third-order valence-electron chi connectivity index (χ3n) is 5.38. The largest absolute Gasteiger partial charge is 0.465 e. The van der Waals surface area contributed by atoms with Gasteiger partial charge in [-0.15, -0.1) is 0 Å². The summed E-state index contributed by atoms with van der Waals surface area (Å²) in [6.07, 6.45) is 8.47. The Hall–Kier alpha value is -1.85. The lowest BCUT2D eigenvalue weighted by atomic mass is 9.78. The molecule has 1 aliphatic rings. The van der Waals surface area contributed by atoms with E-state index < -0.39 is 17.5 Å². The predicted molar refractivity (Wildman–Crippen MR) is 111 cm³/mol. The van der Waals surface area contributed by atoms with Crippen molar-refractivity contribution >= 4 is 17.9 Å². The molecule has 6 nitrogen and oxygen atoms in total. The van der Waals surface area contributed by atoms with Crippen LogP contribution in [0, 0.1) is 11.8 Å². The van der Waals surface area contributed by atoms with Crippen molar-refractivity contribution in [3.05, 3.63) is 12.7 Å². The van der Waals surface area contributed by atoms with Crippen LogP contribution in [0.15, 0.2) is 12.7 Å². The fourth-order valence-electron chi connectivity index (χ4n) is 3.42.